The van der Waals surface area contributed by atoms with E-state index >= 15 is 0 Å². The van der Waals surface area contributed by atoms with Crippen molar-refractivity contribution in [3.63, 3.8) is 0 Å². The fourth-order valence-electron chi connectivity index (χ4n) is 4.47. The van der Waals surface area contributed by atoms with Gasteiger partial charge in [0.1, 0.15) is 12.4 Å². The molecule has 2 aliphatic rings. The zero-order valence-electron chi connectivity index (χ0n) is 21.4. The fourth-order valence-corrected chi connectivity index (χ4v) is 4.47. The third-order valence-electron chi connectivity index (χ3n) is 6.94. The maximum absolute atomic E-state index is 13.5. The fraction of sp³-hybridized carbons (Fsp3) is 0.464. The summed E-state index contributed by atoms with van der Waals surface area (Å²) < 4.78 is 11.9. The number of amides is 3. The molecule has 1 fully saturated rings. The number of hydrogen-bond donors (Lipinski definition) is 1. The van der Waals surface area contributed by atoms with Crippen molar-refractivity contribution < 1.29 is 23.9 Å². The molecule has 3 amide bonds. The van der Waals surface area contributed by atoms with Gasteiger partial charge in [-0.25, -0.2) is 0 Å². The number of ether oxygens (including phenoxy) is 2. The lowest BCUT2D eigenvalue weighted by atomic mass is 10.0. The van der Waals surface area contributed by atoms with Crippen LogP contribution in [0, 0.1) is 11.8 Å². The molecule has 1 heterocycles. The molecule has 2 aromatic rings. The molecule has 0 saturated heterocycles. The van der Waals surface area contributed by atoms with Gasteiger partial charge >= 0.3 is 0 Å². The van der Waals surface area contributed by atoms with E-state index < -0.39 is 0 Å². The smallest absolute Gasteiger partial charge is 0.257 e. The van der Waals surface area contributed by atoms with Gasteiger partial charge in [-0.05, 0) is 50.1 Å². The van der Waals surface area contributed by atoms with Gasteiger partial charge in [0.25, 0.3) is 11.8 Å². The molecular formula is C28H35N3O5. The Hall–Kier alpha value is -3.39. The second-order valence-electron chi connectivity index (χ2n) is 9.90. The van der Waals surface area contributed by atoms with Gasteiger partial charge in [0, 0.05) is 50.3 Å². The van der Waals surface area contributed by atoms with Gasteiger partial charge in [-0.3, -0.25) is 14.4 Å². The van der Waals surface area contributed by atoms with Crippen molar-refractivity contribution in [1.29, 1.82) is 0 Å². The summed E-state index contributed by atoms with van der Waals surface area (Å²) in [5, 5.41) is 2.91. The number of anilines is 1. The van der Waals surface area contributed by atoms with Crippen molar-refractivity contribution in [3.8, 4) is 5.75 Å². The van der Waals surface area contributed by atoms with Crippen molar-refractivity contribution in [2.45, 2.75) is 38.8 Å². The number of methoxy groups -OCH3 is 1. The van der Waals surface area contributed by atoms with Crippen molar-refractivity contribution >= 4 is 23.4 Å². The van der Waals surface area contributed by atoms with E-state index in [9.17, 15) is 14.4 Å². The van der Waals surface area contributed by atoms with E-state index in [0.717, 1.165) is 12.8 Å². The van der Waals surface area contributed by atoms with E-state index in [-0.39, 0.29) is 48.3 Å². The van der Waals surface area contributed by atoms with Crippen molar-refractivity contribution in [3.05, 3.63) is 59.7 Å². The van der Waals surface area contributed by atoms with Gasteiger partial charge in [-0.15, -0.1) is 0 Å². The summed E-state index contributed by atoms with van der Waals surface area (Å²) in [6, 6.07) is 14.1. The van der Waals surface area contributed by atoms with E-state index in [1.165, 1.54) is 0 Å². The van der Waals surface area contributed by atoms with E-state index in [1.54, 1.807) is 37.3 Å². The van der Waals surface area contributed by atoms with Crippen LogP contribution in [0.1, 0.15) is 47.4 Å². The van der Waals surface area contributed by atoms with E-state index in [1.807, 2.05) is 49.1 Å². The highest BCUT2D eigenvalue weighted by molar-refractivity contribution is 6.00. The average Bonchev–Trinajstić information content (AvgIpc) is 3.74. The summed E-state index contributed by atoms with van der Waals surface area (Å²) in [5.41, 5.74) is 1.54. The number of likely N-dealkylation sites (N-methyl/N-ethyl adjacent to an activating group) is 1. The monoisotopic (exact) mass is 493 g/mol. The molecule has 1 N–H and O–H groups in total. The number of carbonyl (C=O) groups excluding carboxylic acids is 3. The van der Waals surface area contributed by atoms with Crippen LogP contribution in [0.3, 0.4) is 0 Å². The van der Waals surface area contributed by atoms with E-state index in [0.29, 0.717) is 35.7 Å². The Morgan fingerprint density at radius 1 is 1.06 bits per heavy atom. The van der Waals surface area contributed by atoms with Gasteiger partial charge in [-0.2, -0.15) is 0 Å². The van der Waals surface area contributed by atoms with Crippen molar-refractivity contribution in [2.24, 2.45) is 11.8 Å². The zero-order valence-corrected chi connectivity index (χ0v) is 21.4. The van der Waals surface area contributed by atoms with Crippen LogP contribution in [0.4, 0.5) is 5.69 Å². The van der Waals surface area contributed by atoms with Crippen molar-refractivity contribution in [2.75, 3.05) is 39.2 Å². The standard InChI is InChI=1S/C28H35N3O5/c1-18-15-31(27(33)21-8-6-5-7-9-21)19(2)17-36-24-13-12-22(29-26(32)20-10-11-20)14-23(24)28(34)30(3)16-25(18)35-4/h5-9,12-14,18-20,25H,10-11,15-17H2,1-4H3,(H,29,32)/t18-,19-,25+/m1/s1. The van der Waals surface area contributed by atoms with Gasteiger partial charge in [0.05, 0.1) is 17.7 Å². The summed E-state index contributed by atoms with van der Waals surface area (Å²) >= 11 is 0. The minimum Gasteiger partial charge on any atom is -0.491 e. The minimum absolute atomic E-state index is 0.0261. The first kappa shape index (κ1) is 25.7. The van der Waals surface area contributed by atoms with E-state index in [2.05, 4.69) is 5.32 Å². The Morgan fingerprint density at radius 3 is 2.44 bits per heavy atom. The molecule has 0 radical (unpaired) electrons. The molecule has 0 unspecified atom stereocenters. The lowest BCUT2D eigenvalue weighted by molar-refractivity contribution is -0.117. The molecule has 1 saturated carbocycles. The zero-order chi connectivity index (χ0) is 25.8. The van der Waals surface area contributed by atoms with Crippen LogP contribution in [0.25, 0.3) is 0 Å². The highest BCUT2D eigenvalue weighted by Gasteiger charge is 2.32. The number of nitrogens with zero attached hydrogens (tertiary/aromatic N) is 2. The summed E-state index contributed by atoms with van der Waals surface area (Å²) in [7, 11) is 3.35. The number of rotatable bonds is 4. The molecule has 0 bridgehead atoms. The lowest BCUT2D eigenvalue weighted by Gasteiger charge is -2.36. The number of nitrogens with one attached hydrogen (secondary N) is 1. The Labute approximate surface area is 212 Å². The first-order valence-electron chi connectivity index (χ1n) is 12.5. The first-order valence-corrected chi connectivity index (χ1v) is 12.5. The highest BCUT2D eigenvalue weighted by Crippen LogP contribution is 2.31. The second-order valence-corrected chi connectivity index (χ2v) is 9.90. The molecule has 8 heteroatoms. The predicted octanol–water partition coefficient (Wildman–Crippen LogP) is 3.68. The first-order chi connectivity index (χ1) is 17.3. The van der Waals surface area contributed by atoms with Crippen LogP contribution < -0.4 is 10.1 Å². The molecule has 2 aromatic carbocycles. The Bertz CT molecular complexity index is 1100. The number of hydrogen-bond acceptors (Lipinski definition) is 5. The molecule has 0 aromatic heterocycles. The summed E-state index contributed by atoms with van der Waals surface area (Å²) in [5.74, 6) is 0.113. The molecule has 4 rings (SSSR count). The maximum atomic E-state index is 13.5. The lowest BCUT2D eigenvalue weighted by Crippen LogP contribution is -2.48. The van der Waals surface area contributed by atoms with Crippen LogP contribution in [0.2, 0.25) is 0 Å². The predicted molar refractivity (Wildman–Crippen MR) is 137 cm³/mol. The van der Waals surface area contributed by atoms with Gasteiger partial charge in [0.2, 0.25) is 5.91 Å². The summed E-state index contributed by atoms with van der Waals surface area (Å²) in [4.78, 5) is 42.6. The molecule has 1 aliphatic heterocycles. The normalized spacial score (nSPS) is 23.1. The van der Waals surface area contributed by atoms with Gasteiger partial charge < -0.3 is 24.6 Å². The molecule has 8 nitrogen and oxygen atoms in total. The third-order valence-corrected chi connectivity index (χ3v) is 6.94. The number of benzene rings is 2. The van der Waals surface area contributed by atoms with Crippen LogP contribution in [-0.4, -0.2) is 73.5 Å². The Balaban J connectivity index is 1.65. The number of carbonyl (C=O) groups is 3. The van der Waals surface area contributed by atoms with Crippen LogP contribution in [0.5, 0.6) is 5.75 Å². The molecule has 1 aliphatic carbocycles. The SMILES string of the molecule is CO[C@H]1CN(C)C(=O)c2cc(NC(=O)C3CC3)ccc2OC[C@@H](C)N(C(=O)c2ccccc2)C[C@H]1C. The van der Waals surface area contributed by atoms with Gasteiger partial charge in [0.15, 0.2) is 0 Å². The Morgan fingerprint density at radius 2 is 1.78 bits per heavy atom. The van der Waals surface area contributed by atoms with Crippen LogP contribution in [-0.2, 0) is 9.53 Å². The molecule has 0 spiro atoms. The van der Waals surface area contributed by atoms with Gasteiger partial charge in [-0.1, -0.05) is 25.1 Å². The molecule has 3 atom stereocenters. The topological polar surface area (TPSA) is 88.2 Å². The third kappa shape index (κ3) is 5.87. The van der Waals surface area contributed by atoms with Crippen molar-refractivity contribution in [1.82, 2.24) is 9.80 Å². The largest absolute Gasteiger partial charge is 0.491 e. The second kappa shape index (κ2) is 11.1. The van der Waals surface area contributed by atoms with Crippen LogP contribution >= 0.6 is 0 Å². The Kier molecular flexibility index (Phi) is 7.94. The maximum Gasteiger partial charge on any atom is 0.257 e. The van der Waals surface area contributed by atoms with E-state index in [4.69, 9.17) is 9.47 Å². The average molecular weight is 494 g/mol. The van der Waals surface area contributed by atoms with Crippen LogP contribution in [0.15, 0.2) is 48.5 Å². The highest BCUT2D eigenvalue weighted by atomic mass is 16.5. The summed E-state index contributed by atoms with van der Waals surface area (Å²) in [6.07, 6.45) is 1.52. The molecule has 192 valence electrons. The number of fused-ring (bicyclic) bond motifs is 1. The molecular weight excluding hydrogens is 458 g/mol. The minimum atomic E-state index is -0.279. The molecule has 36 heavy (non-hydrogen) atoms. The summed E-state index contributed by atoms with van der Waals surface area (Å²) in [6.45, 7) is 4.98. The quantitative estimate of drug-likeness (QED) is 0.702.